The van der Waals surface area contributed by atoms with Gasteiger partial charge in [-0.1, -0.05) is 18.2 Å². The van der Waals surface area contributed by atoms with E-state index in [-0.39, 0.29) is 0 Å². The predicted octanol–water partition coefficient (Wildman–Crippen LogP) is 2.98. The van der Waals surface area contributed by atoms with E-state index in [4.69, 9.17) is 0 Å². The molecule has 1 aliphatic heterocycles. The van der Waals surface area contributed by atoms with Crippen molar-refractivity contribution in [2.24, 2.45) is 0 Å². The summed E-state index contributed by atoms with van der Waals surface area (Å²) >= 11 is 0. The molecule has 0 amide bonds. The Morgan fingerprint density at radius 2 is 1.79 bits per heavy atom. The number of nitrogens with one attached hydrogen (secondary N) is 1. The second-order valence-electron chi connectivity index (χ2n) is 3.37. The average molecular weight is 183 g/mol. The Bertz CT molecular complexity index is 568. The Balaban J connectivity index is 2.58. The molecule has 1 heterocycles. The van der Waals surface area contributed by atoms with E-state index in [1.807, 2.05) is 42.5 Å². The standard InChI is InChI=1S/C12H9NO/c14-12-8-4-1-2-6-10(8)13-11-7-3-5-9(11)12/h1-7,13-14H. The number of benzene rings is 1. The Morgan fingerprint density at radius 3 is 2.71 bits per heavy atom. The molecule has 0 aromatic heterocycles. The molecule has 0 radical (unpaired) electrons. The highest BCUT2D eigenvalue weighted by atomic mass is 16.3. The van der Waals surface area contributed by atoms with Gasteiger partial charge in [0.05, 0.1) is 0 Å². The van der Waals surface area contributed by atoms with Crippen LogP contribution in [0.2, 0.25) is 0 Å². The number of aromatic amines is 1. The van der Waals surface area contributed by atoms with E-state index >= 15 is 0 Å². The van der Waals surface area contributed by atoms with Crippen LogP contribution in [0.3, 0.4) is 0 Å². The number of aromatic hydroxyl groups is 1. The van der Waals surface area contributed by atoms with Crippen LogP contribution in [-0.4, -0.2) is 10.1 Å². The predicted molar refractivity (Wildman–Crippen MR) is 56.6 cm³/mol. The van der Waals surface area contributed by atoms with Crippen molar-refractivity contribution in [1.82, 2.24) is 4.98 Å². The van der Waals surface area contributed by atoms with Gasteiger partial charge in [0.1, 0.15) is 5.75 Å². The summed E-state index contributed by atoms with van der Waals surface area (Å²) in [6.07, 6.45) is 0. The molecular weight excluding hydrogens is 174 g/mol. The lowest BCUT2D eigenvalue weighted by molar-refractivity contribution is 0.483. The first-order valence-corrected chi connectivity index (χ1v) is 4.54. The highest BCUT2D eigenvalue weighted by Crippen LogP contribution is 2.36. The largest absolute Gasteiger partial charge is 0.507 e. The molecule has 2 N–H and O–H groups in total. The Labute approximate surface area is 81.2 Å². The molecule has 0 bridgehead atoms. The van der Waals surface area contributed by atoms with Crippen molar-refractivity contribution >= 4 is 10.9 Å². The van der Waals surface area contributed by atoms with Crippen LogP contribution in [-0.2, 0) is 0 Å². The van der Waals surface area contributed by atoms with E-state index in [2.05, 4.69) is 4.98 Å². The second kappa shape index (κ2) is 2.51. The Kier molecular flexibility index (Phi) is 1.34. The van der Waals surface area contributed by atoms with Gasteiger partial charge in [-0.15, -0.1) is 0 Å². The highest BCUT2D eigenvalue weighted by Gasteiger charge is 2.10. The molecule has 3 rings (SSSR count). The molecule has 1 aromatic carbocycles. The van der Waals surface area contributed by atoms with E-state index in [0.29, 0.717) is 5.75 Å². The number of aromatic nitrogens is 1. The molecule has 2 heteroatoms. The van der Waals surface area contributed by atoms with Gasteiger partial charge < -0.3 is 10.1 Å². The van der Waals surface area contributed by atoms with Gasteiger partial charge in [0.2, 0.25) is 0 Å². The molecule has 0 saturated heterocycles. The van der Waals surface area contributed by atoms with Gasteiger partial charge in [0.25, 0.3) is 0 Å². The lowest BCUT2D eigenvalue weighted by Gasteiger charge is -2.07. The van der Waals surface area contributed by atoms with Crippen LogP contribution in [0.1, 0.15) is 0 Å². The zero-order chi connectivity index (χ0) is 9.54. The summed E-state index contributed by atoms with van der Waals surface area (Å²) in [5.41, 5.74) is 2.81. The minimum absolute atomic E-state index is 0.361. The number of pyridine rings is 1. The fourth-order valence-corrected chi connectivity index (χ4v) is 1.82. The molecule has 14 heavy (non-hydrogen) atoms. The summed E-state index contributed by atoms with van der Waals surface area (Å²) in [5, 5.41) is 10.8. The van der Waals surface area contributed by atoms with Crippen LogP contribution in [0.25, 0.3) is 22.2 Å². The Morgan fingerprint density at radius 1 is 0.929 bits per heavy atom. The van der Waals surface area contributed by atoms with Crippen LogP contribution in [0.4, 0.5) is 0 Å². The first kappa shape index (κ1) is 7.44. The van der Waals surface area contributed by atoms with Gasteiger partial charge >= 0.3 is 0 Å². The summed E-state index contributed by atoms with van der Waals surface area (Å²) in [4.78, 5) is 3.27. The number of hydrogen-bond donors (Lipinski definition) is 2. The monoisotopic (exact) mass is 183 g/mol. The van der Waals surface area contributed by atoms with Crippen molar-refractivity contribution < 1.29 is 5.11 Å². The van der Waals surface area contributed by atoms with Gasteiger partial charge in [0.15, 0.2) is 0 Å². The molecule has 1 aliphatic carbocycles. The van der Waals surface area contributed by atoms with E-state index < -0.39 is 0 Å². The normalized spacial score (nSPS) is 11.1. The lowest BCUT2D eigenvalue weighted by atomic mass is 10.1. The third-order valence-corrected chi connectivity index (χ3v) is 2.52. The molecule has 0 fully saturated rings. The summed E-state index contributed by atoms with van der Waals surface area (Å²) in [5.74, 6) is 0.361. The fraction of sp³-hybridized carbons (Fsp3) is 0. The van der Waals surface area contributed by atoms with Crippen molar-refractivity contribution in [3.63, 3.8) is 0 Å². The number of para-hydroxylation sites is 1. The van der Waals surface area contributed by atoms with Gasteiger partial charge in [0, 0.05) is 22.2 Å². The van der Waals surface area contributed by atoms with Crippen LogP contribution < -0.4 is 0 Å². The Hall–Kier alpha value is -1.96. The SMILES string of the molecule is Oc1c2cccc-2[nH]c2ccccc12. The van der Waals surface area contributed by atoms with E-state index in [1.54, 1.807) is 0 Å². The molecule has 2 aliphatic rings. The van der Waals surface area contributed by atoms with Crippen molar-refractivity contribution in [2.75, 3.05) is 0 Å². The third-order valence-electron chi connectivity index (χ3n) is 2.52. The van der Waals surface area contributed by atoms with Crippen LogP contribution in [0.5, 0.6) is 5.75 Å². The van der Waals surface area contributed by atoms with E-state index in [0.717, 1.165) is 22.2 Å². The van der Waals surface area contributed by atoms with E-state index in [1.165, 1.54) is 0 Å². The van der Waals surface area contributed by atoms with Crippen molar-refractivity contribution in [2.45, 2.75) is 0 Å². The van der Waals surface area contributed by atoms with Crippen molar-refractivity contribution in [3.8, 4) is 17.0 Å². The molecule has 1 aromatic rings. The number of hydrogen-bond acceptors (Lipinski definition) is 1. The van der Waals surface area contributed by atoms with Crippen LogP contribution >= 0.6 is 0 Å². The van der Waals surface area contributed by atoms with Crippen LogP contribution in [0, 0.1) is 0 Å². The summed E-state index contributed by atoms with van der Waals surface area (Å²) in [7, 11) is 0. The van der Waals surface area contributed by atoms with Gasteiger partial charge in [-0.3, -0.25) is 0 Å². The maximum absolute atomic E-state index is 9.98. The molecule has 0 atom stereocenters. The molecular formula is C12H9NO. The number of fused-ring (bicyclic) bond motifs is 2. The lowest BCUT2D eigenvalue weighted by Crippen LogP contribution is -1.84. The van der Waals surface area contributed by atoms with Gasteiger partial charge in [-0.2, -0.15) is 0 Å². The first-order chi connectivity index (χ1) is 6.86. The molecule has 0 unspecified atom stereocenters. The van der Waals surface area contributed by atoms with Crippen molar-refractivity contribution in [1.29, 1.82) is 0 Å². The maximum atomic E-state index is 9.98. The smallest absolute Gasteiger partial charge is 0.134 e. The summed E-state index contributed by atoms with van der Waals surface area (Å²) < 4.78 is 0. The first-order valence-electron chi connectivity index (χ1n) is 4.54. The summed E-state index contributed by atoms with van der Waals surface area (Å²) in [6.45, 7) is 0. The number of rotatable bonds is 0. The van der Waals surface area contributed by atoms with Gasteiger partial charge in [-0.05, 0) is 24.3 Å². The molecule has 68 valence electrons. The van der Waals surface area contributed by atoms with E-state index in [9.17, 15) is 5.11 Å². The third kappa shape index (κ3) is 0.852. The topological polar surface area (TPSA) is 36.0 Å². The van der Waals surface area contributed by atoms with Gasteiger partial charge in [-0.25, -0.2) is 0 Å². The number of H-pyrrole nitrogens is 1. The maximum Gasteiger partial charge on any atom is 0.134 e. The minimum Gasteiger partial charge on any atom is -0.507 e. The van der Waals surface area contributed by atoms with Crippen LogP contribution in [0.15, 0.2) is 42.5 Å². The zero-order valence-corrected chi connectivity index (χ0v) is 7.49. The average Bonchev–Trinajstić information content (AvgIpc) is 2.66. The zero-order valence-electron chi connectivity index (χ0n) is 7.49. The molecule has 0 spiro atoms. The second-order valence-corrected chi connectivity index (χ2v) is 3.37. The molecule has 2 nitrogen and oxygen atoms in total. The molecule has 0 saturated carbocycles. The summed E-state index contributed by atoms with van der Waals surface area (Å²) in [6, 6.07) is 13.5. The van der Waals surface area contributed by atoms with Crippen molar-refractivity contribution in [3.05, 3.63) is 42.5 Å². The highest BCUT2D eigenvalue weighted by molar-refractivity contribution is 5.93. The minimum atomic E-state index is 0.361. The quantitative estimate of drug-likeness (QED) is 0.552. The fourth-order valence-electron chi connectivity index (χ4n) is 1.82.